The lowest BCUT2D eigenvalue weighted by Gasteiger charge is -2.30. The standard InChI is InChI=1S/C19H21FN4O2.ClH/c1-21-11-18(25)24-10-9-14-13(12-24)5-4-8-16(14)22-19(26)23-17-7-3-2-6-15(17)20;/h2-8,21H,9-12H2,1H3,(H2,22,23,26);1H. The smallest absolute Gasteiger partial charge is 0.323 e. The number of halogens is 2. The third-order valence-corrected chi connectivity index (χ3v) is 4.32. The molecule has 0 aliphatic carbocycles. The number of nitrogens with one attached hydrogen (secondary N) is 3. The Morgan fingerprint density at radius 3 is 2.52 bits per heavy atom. The van der Waals surface area contributed by atoms with Crippen LogP contribution in [0.25, 0.3) is 0 Å². The maximum absolute atomic E-state index is 13.7. The van der Waals surface area contributed by atoms with Crippen LogP contribution in [0.4, 0.5) is 20.6 Å². The van der Waals surface area contributed by atoms with Gasteiger partial charge in [0.05, 0.1) is 12.2 Å². The monoisotopic (exact) mass is 392 g/mol. The van der Waals surface area contributed by atoms with Gasteiger partial charge in [-0.1, -0.05) is 24.3 Å². The molecule has 3 rings (SSSR count). The number of hydrogen-bond acceptors (Lipinski definition) is 3. The molecule has 0 bridgehead atoms. The number of carbonyl (C=O) groups is 2. The number of benzene rings is 2. The minimum absolute atomic E-state index is 0. The van der Waals surface area contributed by atoms with Gasteiger partial charge in [0.15, 0.2) is 0 Å². The molecular formula is C19H22ClFN4O2. The van der Waals surface area contributed by atoms with E-state index in [-0.39, 0.29) is 24.0 Å². The molecule has 27 heavy (non-hydrogen) atoms. The van der Waals surface area contributed by atoms with E-state index in [2.05, 4.69) is 16.0 Å². The zero-order valence-corrected chi connectivity index (χ0v) is 15.7. The van der Waals surface area contributed by atoms with Crippen molar-refractivity contribution in [1.29, 1.82) is 0 Å². The molecule has 0 aromatic heterocycles. The number of fused-ring (bicyclic) bond motifs is 1. The van der Waals surface area contributed by atoms with Gasteiger partial charge < -0.3 is 20.9 Å². The molecule has 0 spiro atoms. The molecule has 6 nitrogen and oxygen atoms in total. The number of nitrogens with zero attached hydrogens (tertiary/aromatic N) is 1. The van der Waals surface area contributed by atoms with Crippen molar-refractivity contribution in [3.63, 3.8) is 0 Å². The summed E-state index contributed by atoms with van der Waals surface area (Å²) in [5.41, 5.74) is 2.81. The van der Waals surface area contributed by atoms with E-state index in [1.807, 2.05) is 18.2 Å². The molecule has 0 saturated carbocycles. The SMILES string of the molecule is CNCC(=O)N1CCc2c(cccc2NC(=O)Nc2ccccc2F)C1.Cl. The van der Waals surface area contributed by atoms with E-state index >= 15 is 0 Å². The third-order valence-electron chi connectivity index (χ3n) is 4.32. The van der Waals surface area contributed by atoms with Crippen molar-refractivity contribution in [1.82, 2.24) is 10.2 Å². The zero-order valence-electron chi connectivity index (χ0n) is 14.9. The summed E-state index contributed by atoms with van der Waals surface area (Å²) in [5, 5.41) is 8.16. The van der Waals surface area contributed by atoms with E-state index in [1.165, 1.54) is 12.1 Å². The fourth-order valence-electron chi connectivity index (χ4n) is 3.04. The van der Waals surface area contributed by atoms with Crippen LogP contribution in [0, 0.1) is 5.82 Å². The average molecular weight is 393 g/mol. The molecule has 3 N–H and O–H groups in total. The Bertz CT molecular complexity index is 831. The molecule has 2 aromatic carbocycles. The van der Waals surface area contributed by atoms with Gasteiger partial charge in [-0.05, 0) is 42.8 Å². The Labute approximate surface area is 163 Å². The fourth-order valence-corrected chi connectivity index (χ4v) is 3.04. The minimum atomic E-state index is -0.503. The molecule has 1 aliphatic rings. The van der Waals surface area contributed by atoms with Gasteiger partial charge in [0, 0.05) is 18.8 Å². The maximum Gasteiger partial charge on any atom is 0.323 e. The lowest BCUT2D eigenvalue weighted by atomic mass is 9.97. The average Bonchev–Trinajstić information content (AvgIpc) is 2.63. The van der Waals surface area contributed by atoms with Crippen LogP contribution >= 0.6 is 12.4 Å². The lowest BCUT2D eigenvalue weighted by Crippen LogP contribution is -2.40. The third kappa shape index (κ3) is 4.96. The number of likely N-dealkylation sites (N-methyl/N-ethyl adjacent to an activating group) is 1. The van der Waals surface area contributed by atoms with Gasteiger partial charge >= 0.3 is 6.03 Å². The normalized spacial score (nSPS) is 12.6. The van der Waals surface area contributed by atoms with Gasteiger partial charge in [0.1, 0.15) is 5.82 Å². The molecule has 0 unspecified atom stereocenters. The van der Waals surface area contributed by atoms with Crippen LogP contribution in [0.2, 0.25) is 0 Å². The summed E-state index contributed by atoms with van der Waals surface area (Å²) < 4.78 is 13.7. The van der Waals surface area contributed by atoms with Crippen molar-refractivity contribution in [2.24, 2.45) is 0 Å². The maximum atomic E-state index is 13.7. The Morgan fingerprint density at radius 1 is 1.07 bits per heavy atom. The number of amides is 3. The Balaban J connectivity index is 0.00000261. The van der Waals surface area contributed by atoms with Gasteiger partial charge in [0.2, 0.25) is 5.91 Å². The van der Waals surface area contributed by atoms with E-state index in [9.17, 15) is 14.0 Å². The largest absolute Gasteiger partial charge is 0.337 e. The highest BCUT2D eigenvalue weighted by Gasteiger charge is 2.22. The fraction of sp³-hybridized carbons (Fsp3) is 0.263. The van der Waals surface area contributed by atoms with Gasteiger partial charge in [-0.2, -0.15) is 0 Å². The summed E-state index contributed by atoms with van der Waals surface area (Å²) in [6.07, 6.45) is 0.654. The molecule has 144 valence electrons. The Kier molecular flexibility index (Phi) is 7.15. The van der Waals surface area contributed by atoms with Crippen LogP contribution in [0.1, 0.15) is 11.1 Å². The van der Waals surface area contributed by atoms with E-state index in [0.29, 0.717) is 31.7 Å². The molecule has 0 saturated heterocycles. The van der Waals surface area contributed by atoms with Gasteiger partial charge in [0.25, 0.3) is 0 Å². The van der Waals surface area contributed by atoms with E-state index in [4.69, 9.17) is 0 Å². The topological polar surface area (TPSA) is 73.5 Å². The van der Waals surface area contributed by atoms with Crippen LogP contribution in [0.15, 0.2) is 42.5 Å². The summed E-state index contributed by atoms with van der Waals surface area (Å²) in [6, 6.07) is 11.1. The summed E-state index contributed by atoms with van der Waals surface area (Å²) in [6.45, 7) is 1.42. The van der Waals surface area contributed by atoms with Crippen molar-refractivity contribution in [3.05, 3.63) is 59.4 Å². The highest BCUT2D eigenvalue weighted by atomic mass is 35.5. The number of para-hydroxylation sites is 1. The molecule has 0 atom stereocenters. The van der Waals surface area contributed by atoms with Gasteiger partial charge in [-0.3, -0.25) is 4.79 Å². The van der Waals surface area contributed by atoms with E-state index in [0.717, 1.165) is 11.1 Å². The molecule has 1 heterocycles. The second kappa shape index (κ2) is 9.34. The first-order chi connectivity index (χ1) is 12.6. The molecular weight excluding hydrogens is 371 g/mol. The second-order valence-electron chi connectivity index (χ2n) is 6.10. The Hall–Kier alpha value is -2.64. The first-order valence-electron chi connectivity index (χ1n) is 8.44. The first-order valence-corrected chi connectivity index (χ1v) is 8.44. The van der Waals surface area contributed by atoms with Crippen molar-refractivity contribution in [2.75, 3.05) is 30.8 Å². The van der Waals surface area contributed by atoms with Crippen LogP contribution in [-0.2, 0) is 17.8 Å². The number of hydrogen-bond donors (Lipinski definition) is 3. The Morgan fingerprint density at radius 2 is 1.78 bits per heavy atom. The van der Waals surface area contributed by atoms with Crippen molar-refractivity contribution < 1.29 is 14.0 Å². The molecule has 0 radical (unpaired) electrons. The molecule has 0 fully saturated rings. The first kappa shape index (κ1) is 20.7. The summed E-state index contributed by atoms with van der Waals surface area (Å²) in [7, 11) is 1.74. The van der Waals surface area contributed by atoms with Crippen LogP contribution < -0.4 is 16.0 Å². The number of urea groups is 1. The lowest BCUT2D eigenvalue weighted by molar-refractivity contribution is -0.131. The van der Waals surface area contributed by atoms with Gasteiger partial charge in [-0.15, -0.1) is 12.4 Å². The van der Waals surface area contributed by atoms with Crippen LogP contribution in [0.3, 0.4) is 0 Å². The van der Waals surface area contributed by atoms with Crippen LogP contribution in [-0.4, -0.2) is 37.0 Å². The molecule has 1 aliphatic heterocycles. The number of carbonyl (C=O) groups excluding carboxylic acids is 2. The predicted molar refractivity (Wildman–Crippen MR) is 106 cm³/mol. The van der Waals surface area contributed by atoms with E-state index in [1.54, 1.807) is 24.1 Å². The highest BCUT2D eigenvalue weighted by Crippen LogP contribution is 2.26. The van der Waals surface area contributed by atoms with Crippen molar-refractivity contribution >= 4 is 35.7 Å². The molecule has 3 amide bonds. The van der Waals surface area contributed by atoms with Crippen molar-refractivity contribution in [2.45, 2.75) is 13.0 Å². The molecule has 8 heteroatoms. The second-order valence-corrected chi connectivity index (χ2v) is 6.10. The van der Waals surface area contributed by atoms with Gasteiger partial charge in [-0.25, -0.2) is 9.18 Å². The summed E-state index contributed by atoms with van der Waals surface area (Å²) in [5.74, 6) is -0.440. The minimum Gasteiger partial charge on any atom is -0.337 e. The van der Waals surface area contributed by atoms with Crippen molar-refractivity contribution in [3.8, 4) is 0 Å². The van der Waals surface area contributed by atoms with Crippen LogP contribution in [0.5, 0.6) is 0 Å². The highest BCUT2D eigenvalue weighted by molar-refractivity contribution is 6.00. The predicted octanol–water partition coefficient (Wildman–Crippen LogP) is 3.00. The number of anilines is 2. The summed E-state index contributed by atoms with van der Waals surface area (Å²) >= 11 is 0. The summed E-state index contributed by atoms with van der Waals surface area (Å²) in [4.78, 5) is 26.1. The molecule has 2 aromatic rings. The number of rotatable bonds is 4. The quantitative estimate of drug-likeness (QED) is 0.748. The van der Waals surface area contributed by atoms with E-state index < -0.39 is 11.8 Å². The zero-order chi connectivity index (χ0) is 18.5.